The number of halogens is 3. The molecule has 1 aliphatic rings. The molecule has 6 atom stereocenters. The van der Waals surface area contributed by atoms with Crippen LogP contribution in [0.15, 0.2) is 48.5 Å². The number of hydrogen-bond acceptors (Lipinski definition) is 9. The Kier molecular flexibility index (Phi) is 18.0. The molecule has 1 aliphatic heterocycles. The average molecular weight is 767 g/mol. The fourth-order valence-corrected chi connectivity index (χ4v) is 5.25. The van der Waals surface area contributed by atoms with E-state index in [1.807, 2.05) is 31.2 Å². The average Bonchev–Trinajstić information content (AvgIpc) is 3.37. The molecule has 1 heterocycles. The van der Waals surface area contributed by atoms with E-state index in [1.54, 1.807) is 20.8 Å². The summed E-state index contributed by atoms with van der Waals surface area (Å²) < 4.78 is 44.3. The number of carbonyl (C=O) groups excluding carboxylic acids is 4. The first-order valence-electron chi connectivity index (χ1n) is 17.9. The monoisotopic (exact) mass is 766 g/mol. The number of aliphatic carboxylic acids is 1. The zero-order valence-electron chi connectivity index (χ0n) is 32.9. The molecule has 5 N–H and O–H groups in total. The Bertz CT molecular complexity index is 1550. The van der Waals surface area contributed by atoms with E-state index in [0.717, 1.165) is 5.56 Å². The van der Waals surface area contributed by atoms with Crippen molar-refractivity contribution < 1.29 is 56.8 Å². The Morgan fingerprint density at radius 3 is 1.67 bits per heavy atom. The topological polar surface area (TPSA) is 182 Å². The van der Waals surface area contributed by atoms with Crippen molar-refractivity contribution in [2.75, 3.05) is 0 Å². The van der Waals surface area contributed by atoms with E-state index in [0.29, 0.717) is 19.4 Å². The zero-order valence-corrected chi connectivity index (χ0v) is 32.9. The van der Waals surface area contributed by atoms with Gasteiger partial charge in [0.2, 0.25) is 12.0 Å². The third-order valence-corrected chi connectivity index (χ3v) is 9.25. The highest BCUT2D eigenvalue weighted by Gasteiger charge is 2.53. The van der Waals surface area contributed by atoms with Gasteiger partial charge in [0.15, 0.2) is 0 Å². The molecule has 3 rings (SSSR count). The van der Waals surface area contributed by atoms with Crippen LogP contribution >= 0.6 is 0 Å². The largest absolute Gasteiger partial charge is 0.490 e. The molecular weight excluding hydrogens is 709 g/mol. The molecule has 0 aromatic heterocycles. The minimum Gasteiger partial charge on any atom is -0.481 e. The van der Waals surface area contributed by atoms with Crippen LogP contribution < -0.4 is 11.1 Å². The molecule has 0 aliphatic carbocycles. The normalized spacial score (nSPS) is 18.1. The number of esters is 3. The third kappa shape index (κ3) is 14.5. The number of nitrogens with two attached hydrogens (primary N) is 1. The highest BCUT2D eigenvalue weighted by molar-refractivity contribution is 5.99. The predicted octanol–water partition coefficient (Wildman–Crippen LogP) is 6.36. The molecule has 11 nitrogen and oxygen atoms in total. The third-order valence-electron chi connectivity index (χ3n) is 9.25. The van der Waals surface area contributed by atoms with Crippen molar-refractivity contribution in [1.82, 2.24) is 5.32 Å². The number of carboxylic acids is 1. The first-order chi connectivity index (χ1) is 24.8. The Morgan fingerprint density at radius 1 is 0.833 bits per heavy atom. The Labute approximate surface area is 316 Å². The number of aliphatic hydroxyl groups excluding tert-OH is 1. The zero-order chi connectivity index (χ0) is 41.8. The SMILES string of the molecule is CC(C)(C)c1ccc(CN)cc1.CC[C@H](C)[C@@H]1C(=O)OC(=O)[C@@H]1OC(=O)C(F)(F)F.CC[C@H](C)[C@H](C(=O)O)[C@@H](O)C(=O)NCc1ccc(C(C)(C)C)cc1. The van der Waals surface area contributed by atoms with Gasteiger partial charge in [-0.15, -0.1) is 0 Å². The van der Waals surface area contributed by atoms with Gasteiger partial charge in [-0.2, -0.15) is 13.2 Å². The number of carboxylic acid groups (broad SMARTS) is 1. The quantitative estimate of drug-likeness (QED) is 0.148. The smallest absolute Gasteiger partial charge is 0.481 e. The summed E-state index contributed by atoms with van der Waals surface area (Å²) >= 11 is 0. The lowest BCUT2D eigenvalue weighted by molar-refractivity contribution is -0.207. The lowest BCUT2D eigenvalue weighted by Crippen LogP contribution is -2.44. The Morgan fingerprint density at radius 2 is 1.30 bits per heavy atom. The molecule has 54 heavy (non-hydrogen) atoms. The van der Waals surface area contributed by atoms with Crippen LogP contribution in [0.3, 0.4) is 0 Å². The van der Waals surface area contributed by atoms with Crippen LogP contribution in [0.2, 0.25) is 0 Å². The first-order valence-corrected chi connectivity index (χ1v) is 17.9. The molecule has 1 fully saturated rings. The van der Waals surface area contributed by atoms with Crippen molar-refractivity contribution in [2.45, 2.75) is 124 Å². The lowest BCUT2D eigenvalue weighted by atomic mass is 9.86. The molecule has 0 saturated carbocycles. The maximum absolute atomic E-state index is 12.1. The van der Waals surface area contributed by atoms with Crippen molar-refractivity contribution >= 4 is 29.8 Å². The summed E-state index contributed by atoms with van der Waals surface area (Å²) in [6.45, 7) is 20.7. The molecule has 0 bridgehead atoms. The van der Waals surface area contributed by atoms with E-state index in [2.05, 4.69) is 80.6 Å². The van der Waals surface area contributed by atoms with Crippen molar-refractivity contribution in [1.29, 1.82) is 0 Å². The van der Waals surface area contributed by atoms with Crippen LogP contribution in [-0.2, 0) is 57.4 Å². The summed E-state index contributed by atoms with van der Waals surface area (Å²) in [6.07, 6.45) is -7.58. The molecule has 0 radical (unpaired) electrons. The van der Waals surface area contributed by atoms with Gasteiger partial charge in [-0.1, -0.05) is 131 Å². The highest BCUT2D eigenvalue weighted by Crippen LogP contribution is 2.31. The Balaban J connectivity index is 0.000000428. The molecular formula is C40H57F3N2O9. The van der Waals surface area contributed by atoms with Gasteiger partial charge in [-0.25, -0.2) is 9.59 Å². The van der Waals surface area contributed by atoms with E-state index in [-0.39, 0.29) is 23.3 Å². The first kappa shape index (κ1) is 47.7. The van der Waals surface area contributed by atoms with E-state index < -0.39 is 65.9 Å². The highest BCUT2D eigenvalue weighted by atomic mass is 19.4. The van der Waals surface area contributed by atoms with Crippen LogP contribution in [0.25, 0.3) is 0 Å². The summed E-state index contributed by atoms with van der Waals surface area (Å²) in [6, 6.07) is 16.4. The minimum atomic E-state index is -5.22. The molecule has 0 unspecified atom stereocenters. The van der Waals surface area contributed by atoms with Gasteiger partial charge >= 0.3 is 30.1 Å². The van der Waals surface area contributed by atoms with Crippen molar-refractivity contribution in [3.63, 3.8) is 0 Å². The lowest BCUT2D eigenvalue weighted by Gasteiger charge is -2.23. The number of carbonyl (C=O) groups is 5. The van der Waals surface area contributed by atoms with Crippen LogP contribution in [0.1, 0.15) is 104 Å². The van der Waals surface area contributed by atoms with Crippen molar-refractivity contribution in [3.8, 4) is 0 Å². The summed E-state index contributed by atoms with van der Waals surface area (Å²) in [5.41, 5.74) is 10.5. The van der Waals surface area contributed by atoms with Gasteiger partial charge in [0.05, 0.1) is 5.92 Å². The van der Waals surface area contributed by atoms with Crippen LogP contribution in [-0.4, -0.2) is 58.4 Å². The fourth-order valence-electron chi connectivity index (χ4n) is 5.25. The predicted molar refractivity (Wildman–Crippen MR) is 197 cm³/mol. The maximum atomic E-state index is 12.1. The van der Waals surface area contributed by atoms with Gasteiger partial charge in [-0.3, -0.25) is 14.4 Å². The summed E-state index contributed by atoms with van der Waals surface area (Å²) in [5, 5.41) is 22.0. The van der Waals surface area contributed by atoms with Gasteiger partial charge < -0.3 is 30.7 Å². The number of nitrogens with one attached hydrogen (secondary N) is 1. The number of amides is 1. The number of rotatable bonds is 11. The summed E-state index contributed by atoms with van der Waals surface area (Å²) in [7, 11) is 0. The van der Waals surface area contributed by atoms with Gasteiger partial charge in [0, 0.05) is 13.1 Å². The minimum absolute atomic E-state index is 0.0585. The number of ether oxygens (including phenoxy) is 2. The molecule has 14 heteroatoms. The van der Waals surface area contributed by atoms with Crippen LogP contribution in [0.5, 0.6) is 0 Å². The van der Waals surface area contributed by atoms with E-state index in [9.17, 15) is 47.4 Å². The second kappa shape index (κ2) is 20.4. The second-order valence-electron chi connectivity index (χ2n) is 15.5. The number of alkyl halides is 3. The summed E-state index contributed by atoms with van der Waals surface area (Å²) in [5.74, 6) is -9.54. The number of benzene rings is 2. The van der Waals surface area contributed by atoms with Gasteiger partial charge in [0.25, 0.3) is 0 Å². The Hall–Kier alpha value is -4.30. The van der Waals surface area contributed by atoms with E-state index in [1.165, 1.54) is 16.7 Å². The van der Waals surface area contributed by atoms with E-state index >= 15 is 0 Å². The van der Waals surface area contributed by atoms with Crippen LogP contribution in [0, 0.1) is 23.7 Å². The number of cyclic esters (lactones) is 2. The molecule has 1 saturated heterocycles. The molecule has 1 amide bonds. The van der Waals surface area contributed by atoms with Gasteiger partial charge in [-0.05, 0) is 44.9 Å². The van der Waals surface area contributed by atoms with Crippen molar-refractivity contribution in [3.05, 3.63) is 70.8 Å². The number of hydrogen-bond donors (Lipinski definition) is 4. The standard InChI is InChI=1S/C19H29NO4.C11H17N.C10H11F3O5/c1-6-12(2)15(18(23)24)16(21)17(22)20-11-13-7-9-14(10-8-13)19(3,4)5;1-11(2,3)10-6-4-9(8-12)5-7-10;1-3-4(2)5-6(8(15)18-7(5)14)17-9(16)10(11,12)13/h7-10,12,15-16,21H,6,11H2,1-5H3,(H,20,22)(H,23,24);4-7H,8,12H2,1-3H3;4-6H,3H2,1-2H3/t12-,15-,16+;;4-,5-,6+/m0.0/s1. The molecule has 2 aromatic rings. The fraction of sp³-hybridized carbons (Fsp3) is 0.575. The molecule has 2 aromatic carbocycles. The van der Waals surface area contributed by atoms with Gasteiger partial charge in [0.1, 0.15) is 12.0 Å². The second-order valence-corrected chi connectivity index (χ2v) is 15.5. The molecule has 0 spiro atoms. The van der Waals surface area contributed by atoms with E-state index in [4.69, 9.17) is 5.73 Å². The molecule has 302 valence electrons. The summed E-state index contributed by atoms with van der Waals surface area (Å²) in [4.78, 5) is 56.6. The van der Waals surface area contributed by atoms with Crippen molar-refractivity contribution in [2.24, 2.45) is 29.4 Å². The number of aliphatic hydroxyl groups is 1. The maximum Gasteiger partial charge on any atom is 0.490 e. The van der Waals surface area contributed by atoms with Crippen LogP contribution in [0.4, 0.5) is 13.2 Å².